The van der Waals surface area contributed by atoms with Crippen molar-refractivity contribution >= 4 is 17.5 Å². The first kappa shape index (κ1) is 18.8. The molecule has 29 heavy (non-hydrogen) atoms. The number of aryl methyl sites for hydroxylation is 2. The van der Waals surface area contributed by atoms with Gasteiger partial charge in [0.15, 0.2) is 5.78 Å². The number of Topliss-reactive ketones (excluding diaryl/α,β-unsaturated/α-hetero) is 1. The second kappa shape index (κ2) is 7.46. The fourth-order valence-corrected chi connectivity index (χ4v) is 3.48. The van der Waals surface area contributed by atoms with E-state index in [9.17, 15) is 9.59 Å². The summed E-state index contributed by atoms with van der Waals surface area (Å²) in [6.45, 7) is 4.65. The van der Waals surface area contributed by atoms with Crippen LogP contribution in [0.5, 0.6) is 0 Å². The lowest BCUT2D eigenvalue weighted by molar-refractivity contribution is 0.0774. The Morgan fingerprint density at radius 3 is 2.52 bits per heavy atom. The molecule has 0 saturated carbocycles. The van der Waals surface area contributed by atoms with Crippen LogP contribution in [0.2, 0.25) is 0 Å². The number of carbonyl (C=O) groups is 2. The number of hydrogen-bond donors (Lipinski definition) is 1. The van der Waals surface area contributed by atoms with Crippen molar-refractivity contribution in [2.75, 3.05) is 18.8 Å². The first-order valence-corrected chi connectivity index (χ1v) is 9.46. The van der Waals surface area contributed by atoms with Gasteiger partial charge in [0, 0.05) is 25.2 Å². The number of nitrogens with zero attached hydrogens (tertiary/aromatic N) is 5. The van der Waals surface area contributed by atoms with Crippen LogP contribution in [0.3, 0.4) is 0 Å². The minimum absolute atomic E-state index is 0.0915. The first-order chi connectivity index (χ1) is 13.9. The molecule has 0 spiro atoms. The number of anilines is 1. The van der Waals surface area contributed by atoms with Crippen molar-refractivity contribution in [3.8, 4) is 5.69 Å². The van der Waals surface area contributed by atoms with Gasteiger partial charge in [0.25, 0.3) is 5.91 Å². The third kappa shape index (κ3) is 3.61. The van der Waals surface area contributed by atoms with E-state index in [0.29, 0.717) is 30.9 Å². The van der Waals surface area contributed by atoms with Crippen LogP contribution in [-0.4, -0.2) is 49.4 Å². The summed E-state index contributed by atoms with van der Waals surface area (Å²) in [6.07, 6.45) is 5.12. The molecule has 1 unspecified atom stereocenters. The SMILES string of the molecule is Cc1ccc(-n2ncc(C(=O)C3CCN(C(=O)c4cnc(C)cn4)C3)c2N)cc1. The lowest BCUT2D eigenvalue weighted by atomic mass is 9.98. The van der Waals surface area contributed by atoms with Crippen LogP contribution < -0.4 is 5.73 Å². The van der Waals surface area contributed by atoms with Crippen molar-refractivity contribution < 1.29 is 9.59 Å². The fourth-order valence-electron chi connectivity index (χ4n) is 3.48. The van der Waals surface area contributed by atoms with Gasteiger partial charge in [-0.15, -0.1) is 0 Å². The standard InChI is InChI=1S/C21H22N6O2/c1-13-3-5-16(6-4-13)27-20(22)17(10-25-27)19(28)15-7-8-26(12-15)21(29)18-11-23-14(2)9-24-18/h3-6,9-11,15H,7-8,12,22H2,1-2H3. The maximum atomic E-state index is 13.0. The zero-order valence-corrected chi connectivity index (χ0v) is 16.4. The summed E-state index contributed by atoms with van der Waals surface area (Å²) in [7, 11) is 0. The Hall–Kier alpha value is -3.55. The van der Waals surface area contributed by atoms with E-state index in [4.69, 9.17) is 5.73 Å². The van der Waals surface area contributed by atoms with Crippen molar-refractivity contribution in [3.63, 3.8) is 0 Å². The number of nitrogens with two attached hydrogens (primary N) is 1. The molecule has 1 fully saturated rings. The monoisotopic (exact) mass is 390 g/mol. The number of likely N-dealkylation sites (tertiary alicyclic amines) is 1. The number of ketones is 1. The van der Waals surface area contributed by atoms with Crippen LogP contribution in [0.15, 0.2) is 42.9 Å². The van der Waals surface area contributed by atoms with Crippen LogP contribution in [0.25, 0.3) is 5.69 Å². The van der Waals surface area contributed by atoms with Gasteiger partial charge >= 0.3 is 0 Å². The molecule has 3 heterocycles. The molecule has 0 radical (unpaired) electrons. The topological polar surface area (TPSA) is 107 Å². The molecule has 1 saturated heterocycles. The zero-order valence-electron chi connectivity index (χ0n) is 16.4. The number of rotatable bonds is 4. The number of benzene rings is 1. The maximum Gasteiger partial charge on any atom is 0.274 e. The lowest BCUT2D eigenvalue weighted by Gasteiger charge is -2.15. The Morgan fingerprint density at radius 2 is 1.83 bits per heavy atom. The average molecular weight is 390 g/mol. The summed E-state index contributed by atoms with van der Waals surface area (Å²) < 4.78 is 1.56. The quantitative estimate of drug-likeness (QED) is 0.685. The van der Waals surface area contributed by atoms with Crippen molar-refractivity contribution in [1.82, 2.24) is 24.6 Å². The molecule has 0 aliphatic carbocycles. The Labute approximate surface area is 168 Å². The van der Waals surface area contributed by atoms with E-state index >= 15 is 0 Å². The summed E-state index contributed by atoms with van der Waals surface area (Å²) >= 11 is 0. The molecule has 0 bridgehead atoms. The maximum absolute atomic E-state index is 13.0. The van der Waals surface area contributed by atoms with Gasteiger partial charge in [-0.1, -0.05) is 17.7 Å². The smallest absolute Gasteiger partial charge is 0.274 e. The van der Waals surface area contributed by atoms with Gasteiger partial charge in [0.05, 0.1) is 29.3 Å². The second-order valence-corrected chi connectivity index (χ2v) is 7.33. The summed E-state index contributed by atoms with van der Waals surface area (Å²) in [5, 5.41) is 4.29. The van der Waals surface area contributed by atoms with Gasteiger partial charge in [0.1, 0.15) is 11.5 Å². The molecule has 1 atom stereocenters. The molecule has 1 aliphatic rings. The summed E-state index contributed by atoms with van der Waals surface area (Å²) in [5.41, 5.74) is 9.57. The molecule has 1 aromatic carbocycles. The highest BCUT2D eigenvalue weighted by atomic mass is 16.2. The normalized spacial score (nSPS) is 16.2. The highest BCUT2D eigenvalue weighted by Crippen LogP contribution is 2.26. The molecule has 3 aromatic rings. The summed E-state index contributed by atoms with van der Waals surface area (Å²) in [6, 6.07) is 7.75. The first-order valence-electron chi connectivity index (χ1n) is 9.46. The molecular formula is C21H22N6O2. The number of carbonyl (C=O) groups excluding carboxylic acids is 2. The fraction of sp³-hybridized carbons (Fsp3) is 0.286. The molecule has 2 aromatic heterocycles. The largest absolute Gasteiger partial charge is 0.383 e. The van der Waals surface area contributed by atoms with Crippen LogP contribution in [0.1, 0.15) is 38.5 Å². The van der Waals surface area contributed by atoms with Crippen LogP contribution in [-0.2, 0) is 0 Å². The molecule has 2 N–H and O–H groups in total. The van der Waals surface area contributed by atoms with Crippen LogP contribution in [0, 0.1) is 19.8 Å². The predicted molar refractivity (Wildman–Crippen MR) is 108 cm³/mol. The second-order valence-electron chi connectivity index (χ2n) is 7.33. The molecule has 8 heteroatoms. The van der Waals surface area contributed by atoms with E-state index in [1.165, 1.54) is 12.4 Å². The van der Waals surface area contributed by atoms with E-state index in [1.54, 1.807) is 15.8 Å². The molecule has 8 nitrogen and oxygen atoms in total. The minimum atomic E-state index is -0.310. The molecular weight excluding hydrogens is 368 g/mol. The highest BCUT2D eigenvalue weighted by molar-refractivity contribution is 6.02. The van der Waals surface area contributed by atoms with Crippen molar-refractivity contribution in [2.45, 2.75) is 20.3 Å². The number of nitrogen functional groups attached to an aromatic ring is 1. The number of aromatic nitrogens is 4. The van der Waals surface area contributed by atoms with E-state index in [-0.39, 0.29) is 23.3 Å². The zero-order chi connectivity index (χ0) is 20.5. The Kier molecular flexibility index (Phi) is 4.84. The minimum Gasteiger partial charge on any atom is -0.383 e. The van der Waals surface area contributed by atoms with Crippen molar-refractivity contribution in [2.24, 2.45) is 5.92 Å². The summed E-state index contributed by atoms with van der Waals surface area (Å²) in [5.74, 6) is -0.300. The number of hydrogen-bond acceptors (Lipinski definition) is 6. The average Bonchev–Trinajstić information content (AvgIpc) is 3.36. The van der Waals surface area contributed by atoms with Gasteiger partial charge in [-0.05, 0) is 32.4 Å². The van der Waals surface area contributed by atoms with Crippen molar-refractivity contribution in [1.29, 1.82) is 0 Å². The third-order valence-electron chi connectivity index (χ3n) is 5.20. The highest BCUT2D eigenvalue weighted by Gasteiger charge is 2.34. The Morgan fingerprint density at radius 1 is 1.07 bits per heavy atom. The van der Waals surface area contributed by atoms with Gasteiger partial charge in [-0.25, -0.2) is 9.67 Å². The molecule has 1 aliphatic heterocycles. The third-order valence-corrected chi connectivity index (χ3v) is 5.20. The molecule has 148 valence electrons. The lowest BCUT2D eigenvalue weighted by Crippen LogP contribution is -2.30. The van der Waals surface area contributed by atoms with Gasteiger partial charge in [-0.2, -0.15) is 5.10 Å². The van der Waals surface area contributed by atoms with Crippen LogP contribution in [0.4, 0.5) is 5.82 Å². The van der Waals surface area contributed by atoms with Gasteiger partial charge in [-0.3, -0.25) is 14.6 Å². The molecule has 1 amide bonds. The van der Waals surface area contributed by atoms with E-state index in [0.717, 1.165) is 16.9 Å². The van der Waals surface area contributed by atoms with E-state index in [1.807, 2.05) is 38.1 Å². The van der Waals surface area contributed by atoms with Gasteiger partial charge < -0.3 is 10.6 Å². The molecule has 4 rings (SSSR count). The van der Waals surface area contributed by atoms with Crippen LogP contribution >= 0.6 is 0 Å². The predicted octanol–water partition coefficient (Wildman–Crippen LogP) is 2.21. The Bertz CT molecular complexity index is 1060. The Balaban J connectivity index is 1.49. The van der Waals surface area contributed by atoms with E-state index in [2.05, 4.69) is 15.1 Å². The number of amides is 1. The van der Waals surface area contributed by atoms with E-state index < -0.39 is 0 Å². The summed E-state index contributed by atoms with van der Waals surface area (Å²) in [4.78, 5) is 35.5. The van der Waals surface area contributed by atoms with Gasteiger partial charge in [0.2, 0.25) is 0 Å². The van der Waals surface area contributed by atoms with Crippen molar-refractivity contribution in [3.05, 3.63) is 65.4 Å².